The SMILES string of the molecule is CC.CC(C)C=O.CN=C(NN(C=O)c1ccc(C)c(F)c1)c1c(C)ccc(CNC)c1C. The average molecular weight is 459 g/mol. The number of nitrogens with one attached hydrogen (secondary N) is 2. The van der Waals surface area contributed by atoms with Crippen LogP contribution >= 0.6 is 0 Å². The second-order valence-corrected chi connectivity index (χ2v) is 7.54. The van der Waals surface area contributed by atoms with Gasteiger partial charge in [0.2, 0.25) is 6.41 Å². The highest BCUT2D eigenvalue weighted by Crippen LogP contribution is 2.20. The Morgan fingerprint density at radius 1 is 1.09 bits per heavy atom. The van der Waals surface area contributed by atoms with E-state index in [4.69, 9.17) is 0 Å². The maximum absolute atomic E-state index is 13.9. The first-order valence-corrected chi connectivity index (χ1v) is 11.1. The van der Waals surface area contributed by atoms with E-state index in [-0.39, 0.29) is 11.7 Å². The molecule has 2 rings (SSSR count). The van der Waals surface area contributed by atoms with Crippen LogP contribution in [0.15, 0.2) is 35.3 Å². The zero-order chi connectivity index (χ0) is 25.6. The second-order valence-electron chi connectivity index (χ2n) is 7.54. The van der Waals surface area contributed by atoms with Crippen molar-refractivity contribution in [3.05, 3.63) is 64.0 Å². The van der Waals surface area contributed by atoms with Crippen LogP contribution in [0.3, 0.4) is 0 Å². The summed E-state index contributed by atoms with van der Waals surface area (Å²) in [5, 5.41) is 4.38. The van der Waals surface area contributed by atoms with Crippen LogP contribution in [0, 0.1) is 32.5 Å². The fourth-order valence-electron chi connectivity index (χ4n) is 2.85. The number of amides is 1. The normalized spacial score (nSPS) is 10.5. The topological polar surface area (TPSA) is 73.8 Å². The maximum atomic E-state index is 13.9. The van der Waals surface area contributed by atoms with Gasteiger partial charge in [-0.2, -0.15) is 0 Å². The van der Waals surface area contributed by atoms with Gasteiger partial charge in [-0.15, -0.1) is 0 Å². The van der Waals surface area contributed by atoms with Crippen molar-refractivity contribution in [3.63, 3.8) is 0 Å². The molecule has 0 saturated heterocycles. The Hall–Kier alpha value is -3.06. The van der Waals surface area contributed by atoms with Gasteiger partial charge in [-0.3, -0.25) is 15.2 Å². The average Bonchev–Trinajstić information content (AvgIpc) is 2.81. The number of hydrazine groups is 1. The molecule has 182 valence electrons. The van der Waals surface area contributed by atoms with Gasteiger partial charge in [-0.25, -0.2) is 9.40 Å². The van der Waals surface area contributed by atoms with Gasteiger partial charge in [0.05, 0.1) is 5.69 Å². The van der Waals surface area contributed by atoms with Gasteiger partial charge in [0, 0.05) is 25.1 Å². The molecule has 2 N–H and O–H groups in total. The predicted molar refractivity (Wildman–Crippen MR) is 136 cm³/mol. The third-order valence-corrected chi connectivity index (χ3v) is 4.65. The van der Waals surface area contributed by atoms with Crippen molar-refractivity contribution >= 4 is 24.2 Å². The maximum Gasteiger partial charge on any atom is 0.232 e. The lowest BCUT2D eigenvalue weighted by Gasteiger charge is -2.23. The third kappa shape index (κ3) is 9.14. The number of benzene rings is 2. The molecule has 0 atom stereocenters. The third-order valence-electron chi connectivity index (χ3n) is 4.65. The Balaban J connectivity index is 0.00000129. The van der Waals surface area contributed by atoms with Gasteiger partial charge in [-0.05, 0) is 62.2 Å². The molecule has 0 saturated carbocycles. The highest BCUT2D eigenvalue weighted by Gasteiger charge is 2.16. The zero-order valence-electron chi connectivity index (χ0n) is 21.4. The molecule has 1 amide bonds. The standard InChI is InChI=1S/C20H25FN4O.C4H8O.C2H6/c1-13-7-9-17(10-18(13)21)25(12-26)24-20(23-5)19-14(2)6-8-16(11-22-4)15(19)3;1-4(2)3-5;1-2/h6-10,12,22H,11H2,1-5H3,(H,23,24);3-4H,1-2H3;1-2H3. The van der Waals surface area contributed by atoms with Crippen molar-refractivity contribution in [2.24, 2.45) is 10.9 Å². The summed E-state index contributed by atoms with van der Waals surface area (Å²) in [6.45, 7) is 14.1. The molecule has 0 unspecified atom stereocenters. The van der Waals surface area contributed by atoms with Crippen molar-refractivity contribution in [1.82, 2.24) is 10.7 Å². The van der Waals surface area contributed by atoms with E-state index in [0.29, 0.717) is 23.5 Å². The van der Waals surface area contributed by atoms with Crippen LogP contribution < -0.4 is 15.8 Å². The van der Waals surface area contributed by atoms with E-state index in [1.54, 1.807) is 26.1 Å². The highest BCUT2D eigenvalue weighted by atomic mass is 19.1. The number of hydrogen-bond donors (Lipinski definition) is 2. The van der Waals surface area contributed by atoms with Crippen LogP contribution in [-0.2, 0) is 16.1 Å². The molecule has 0 bridgehead atoms. The number of anilines is 1. The van der Waals surface area contributed by atoms with Crippen molar-refractivity contribution in [1.29, 1.82) is 0 Å². The molecule has 2 aromatic rings. The van der Waals surface area contributed by atoms with Crippen LogP contribution in [-0.4, -0.2) is 32.6 Å². The molecule has 33 heavy (non-hydrogen) atoms. The number of aldehydes is 1. The van der Waals surface area contributed by atoms with Crippen LogP contribution in [0.2, 0.25) is 0 Å². The molecule has 0 heterocycles. The van der Waals surface area contributed by atoms with E-state index >= 15 is 0 Å². The number of rotatable bonds is 7. The fourth-order valence-corrected chi connectivity index (χ4v) is 2.85. The summed E-state index contributed by atoms with van der Waals surface area (Å²) in [4.78, 5) is 25.4. The largest absolute Gasteiger partial charge is 0.316 e. The van der Waals surface area contributed by atoms with Gasteiger partial charge in [0.25, 0.3) is 0 Å². The van der Waals surface area contributed by atoms with Gasteiger partial charge < -0.3 is 10.1 Å². The Morgan fingerprint density at radius 2 is 1.67 bits per heavy atom. The molecule has 0 aliphatic heterocycles. The summed E-state index contributed by atoms with van der Waals surface area (Å²) < 4.78 is 13.9. The zero-order valence-corrected chi connectivity index (χ0v) is 21.4. The van der Waals surface area contributed by atoms with E-state index in [9.17, 15) is 14.0 Å². The van der Waals surface area contributed by atoms with Crippen molar-refractivity contribution < 1.29 is 14.0 Å². The van der Waals surface area contributed by atoms with Crippen molar-refractivity contribution in [2.75, 3.05) is 19.1 Å². The lowest BCUT2D eigenvalue weighted by atomic mass is 9.96. The molecular formula is C26H39FN4O2. The van der Waals surface area contributed by atoms with Crippen LogP contribution in [0.1, 0.15) is 55.5 Å². The lowest BCUT2D eigenvalue weighted by Crippen LogP contribution is -2.42. The lowest BCUT2D eigenvalue weighted by molar-refractivity contribution is -0.110. The highest BCUT2D eigenvalue weighted by molar-refractivity contribution is 6.03. The first kappa shape index (κ1) is 29.9. The first-order valence-electron chi connectivity index (χ1n) is 11.1. The molecule has 0 radical (unpaired) electrons. The van der Waals surface area contributed by atoms with E-state index in [0.717, 1.165) is 35.1 Å². The summed E-state index contributed by atoms with van der Waals surface area (Å²) >= 11 is 0. The number of amidine groups is 1. The summed E-state index contributed by atoms with van der Waals surface area (Å²) in [7, 11) is 3.55. The summed E-state index contributed by atoms with van der Waals surface area (Å²) in [5.41, 5.74) is 8.14. The Labute approximate surface area is 198 Å². The first-order chi connectivity index (χ1) is 15.7. The summed E-state index contributed by atoms with van der Waals surface area (Å²) in [6.07, 6.45) is 1.53. The smallest absolute Gasteiger partial charge is 0.232 e. The van der Waals surface area contributed by atoms with Crippen LogP contribution in [0.4, 0.5) is 10.1 Å². The molecule has 0 aliphatic rings. The number of carbonyl (C=O) groups is 2. The number of carbonyl (C=O) groups excluding carboxylic acids is 2. The molecular weight excluding hydrogens is 419 g/mol. The van der Waals surface area contributed by atoms with Gasteiger partial charge in [-0.1, -0.05) is 45.9 Å². The van der Waals surface area contributed by atoms with E-state index in [2.05, 4.69) is 21.8 Å². The molecule has 0 aliphatic carbocycles. The van der Waals surface area contributed by atoms with Crippen LogP contribution in [0.5, 0.6) is 0 Å². The number of hydrogen-bond acceptors (Lipinski definition) is 4. The quantitative estimate of drug-likeness (QED) is 0.268. The van der Waals surface area contributed by atoms with Gasteiger partial charge in [0.15, 0.2) is 0 Å². The number of nitrogens with zero attached hydrogens (tertiary/aromatic N) is 2. The minimum atomic E-state index is -0.366. The monoisotopic (exact) mass is 458 g/mol. The molecule has 0 spiro atoms. The minimum absolute atomic E-state index is 0.204. The van der Waals surface area contributed by atoms with Crippen molar-refractivity contribution in [3.8, 4) is 0 Å². The molecule has 0 fully saturated rings. The predicted octanol–water partition coefficient (Wildman–Crippen LogP) is 4.88. The number of halogens is 1. The second kappa shape index (κ2) is 15.7. The number of aliphatic imine (C=N–C) groups is 1. The van der Waals surface area contributed by atoms with E-state index in [1.165, 1.54) is 11.1 Å². The minimum Gasteiger partial charge on any atom is -0.316 e. The Morgan fingerprint density at radius 3 is 2.12 bits per heavy atom. The fraction of sp³-hybridized carbons (Fsp3) is 0.423. The van der Waals surface area contributed by atoms with Crippen molar-refractivity contribution in [2.45, 2.75) is 55.0 Å². The summed E-state index contributed by atoms with van der Waals surface area (Å²) in [6, 6.07) is 8.74. The molecule has 0 aromatic heterocycles. The summed E-state index contributed by atoms with van der Waals surface area (Å²) in [5.74, 6) is 0.385. The number of aryl methyl sites for hydroxylation is 2. The van der Waals surface area contributed by atoms with Crippen LogP contribution in [0.25, 0.3) is 0 Å². The Bertz CT molecular complexity index is 927. The molecule has 2 aromatic carbocycles. The van der Waals surface area contributed by atoms with Gasteiger partial charge >= 0.3 is 0 Å². The van der Waals surface area contributed by atoms with E-state index < -0.39 is 0 Å². The molecule has 6 nitrogen and oxygen atoms in total. The van der Waals surface area contributed by atoms with Gasteiger partial charge in [0.1, 0.15) is 17.9 Å². The Kier molecular flexibility index (Phi) is 14.2. The van der Waals surface area contributed by atoms with E-state index in [1.807, 2.05) is 54.7 Å². The molecule has 7 heteroatoms.